The topological polar surface area (TPSA) is 69.8 Å². The zero-order valence-corrected chi connectivity index (χ0v) is 8.50. The van der Waals surface area contributed by atoms with Crippen molar-refractivity contribution in [3.8, 4) is 0 Å². The lowest BCUT2D eigenvalue weighted by Gasteiger charge is -2.10. The Kier molecular flexibility index (Phi) is 4.12. The SMILES string of the molecule is CNC(C)C(=O)NCCc1cnc[nH]1. The molecule has 0 aliphatic carbocycles. The molecule has 1 heterocycles. The number of likely N-dealkylation sites (N-methyl/N-ethyl adjacent to an activating group) is 1. The van der Waals surface area contributed by atoms with Gasteiger partial charge in [-0.3, -0.25) is 4.79 Å². The third-order valence-electron chi connectivity index (χ3n) is 2.07. The van der Waals surface area contributed by atoms with Crippen molar-refractivity contribution in [3.63, 3.8) is 0 Å². The van der Waals surface area contributed by atoms with Crippen LogP contribution < -0.4 is 10.6 Å². The number of carbonyl (C=O) groups is 1. The molecule has 0 saturated heterocycles. The number of nitrogens with one attached hydrogen (secondary N) is 3. The number of aromatic nitrogens is 2. The Labute approximate surface area is 83.3 Å². The van der Waals surface area contributed by atoms with Gasteiger partial charge in [-0.1, -0.05) is 0 Å². The normalized spacial score (nSPS) is 12.4. The highest BCUT2D eigenvalue weighted by atomic mass is 16.2. The van der Waals surface area contributed by atoms with Gasteiger partial charge in [-0.25, -0.2) is 4.98 Å². The molecule has 1 aromatic heterocycles. The van der Waals surface area contributed by atoms with Crippen LogP contribution in [0.2, 0.25) is 0 Å². The lowest BCUT2D eigenvalue weighted by Crippen LogP contribution is -2.41. The van der Waals surface area contributed by atoms with E-state index in [1.54, 1.807) is 19.6 Å². The molecule has 1 rings (SSSR count). The van der Waals surface area contributed by atoms with Gasteiger partial charge < -0.3 is 15.6 Å². The Bertz CT molecular complexity index is 270. The van der Waals surface area contributed by atoms with Crippen LogP contribution in [0.5, 0.6) is 0 Å². The molecule has 1 unspecified atom stereocenters. The summed E-state index contributed by atoms with van der Waals surface area (Å²) < 4.78 is 0. The zero-order chi connectivity index (χ0) is 10.4. The highest BCUT2D eigenvalue weighted by Gasteiger charge is 2.08. The molecule has 0 spiro atoms. The molecule has 78 valence electrons. The fourth-order valence-corrected chi connectivity index (χ4v) is 1.03. The quantitative estimate of drug-likeness (QED) is 0.604. The predicted octanol–water partition coefficient (Wildman–Crippen LogP) is -0.324. The summed E-state index contributed by atoms with van der Waals surface area (Å²) in [6.45, 7) is 2.46. The van der Waals surface area contributed by atoms with Crippen LogP contribution in [0.1, 0.15) is 12.6 Å². The smallest absolute Gasteiger partial charge is 0.236 e. The van der Waals surface area contributed by atoms with Crippen LogP contribution in [0.15, 0.2) is 12.5 Å². The maximum atomic E-state index is 11.3. The van der Waals surface area contributed by atoms with E-state index in [-0.39, 0.29) is 11.9 Å². The molecular weight excluding hydrogens is 180 g/mol. The minimum Gasteiger partial charge on any atom is -0.354 e. The van der Waals surface area contributed by atoms with Gasteiger partial charge in [0.05, 0.1) is 12.4 Å². The summed E-state index contributed by atoms with van der Waals surface area (Å²) >= 11 is 0. The van der Waals surface area contributed by atoms with Gasteiger partial charge in [0.15, 0.2) is 0 Å². The van der Waals surface area contributed by atoms with E-state index in [1.807, 2.05) is 6.92 Å². The van der Waals surface area contributed by atoms with Crippen LogP contribution in [0, 0.1) is 0 Å². The second-order valence-electron chi connectivity index (χ2n) is 3.13. The van der Waals surface area contributed by atoms with Gasteiger partial charge in [-0.05, 0) is 14.0 Å². The Hall–Kier alpha value is -1.36. The number of aromatic amines is 1. The summed E-state index contributed by atoms with van der Waals surface area (Å²) in [5.41, 5.74) is 1.03. The number of nitrogens with zero attached hydrogens (tertiary/aromatic N) is 1. The number of H-pyrrole nitrogens is 1. The van der Waals surface area contributed by atoms with E-state index in [0.29, 0.717) is 6.54 Å². The average molecular weight is 196 g/mol. The van der Waals surface area contributed by atoms with Crippen LogP contribution in [-0.2, 0) is 11.2 Å². The van der Waals surface area contributed by atoms with E-state index in [9.17, 15) is 4.79 Å². The molecule has 1 atom stereocenters. The molecule has 0 fully saturated rings. The molecular formula is C9H16N4O. The monoisotopic (exact) mass is 196 g/mol. The number of hydrogen-bond acceptors (Lipinski definition) is 3. The lowest BCUT2D eigenvalue weighted by molar-refractivity contribution is -0.122. The van der Waals surface area contributed by atoms with Gasteiger partial charge >= 0.3 is 0 Å². The first-order valence-electron chi connectivity index (χ1n) is 4.66. The molecule has 14 heavy (non-hydrogen) atoms. The second kappa shape index (κ2) is 5.39. The maximum Gasteiger partial charge on any atom is 0.236 e. The van der Waals surface area contributed by atoms with Crippen molar-refractivity contribution in [2.24, 2.45) is 0 Å². The lowest BCUT2D eigenvalue weighted by atomic mass is 10.3. The third kappa shape index (κ3) is 3.18. The van der Waals surface area contributed by atoms with Crippen LogP contribution >= 0.6 is 0 Å². The second-order valence-corrected chi connectivity index (χ2v) is 3.13. The molecule has 5 nitrogen and oxygen atoms in total. The molecule has 0 aliphatic heterocycles. The number of imidazole rings is 1. The van der Waals surface area contributed by atoms with E-state index in [0.717, 1.165) is 12.1 Å². The van der Waals surface area contributed by atoms with Gasteiger partial charge in [-0.15, -0.1) is 0 Å². The molecule has 3 N–H and O–H groups in total. The average Bonchev–Trinajstić information content (AvgIpc) is 2.69. The summed E-state index contributed by atoms with van der Waals surface area (Å²) in [5, 5.41) is 5.70. The van der Waals surface area contributed by atoms with Crippen molar-refractivity contribution < 1.29 is 4.79 Å². The fourth-order valence-electron chi connectivity index (χ4n) is 1.03. The highest BCUT2D eigenvalue weighted by molar-refractivity contribution is 5.81. The first-order valence-corrected chi connectivity index (χ1v) is 4.66. The van der Waals surface area contributed by atoms with Crippen molar-refractivity contribution in [1.82, 2.24) is 20.6 Å². The van der Waals surface area contributed by atoms with Crippen molar-refractivity contribution in [2.75, 3.05) is 13.6 Å². The molecule has 1 amide bonds. The largest absolute Gasteiger partial charge is 0.354 e. The first kappa shape index (κ1) is 10.7. The Balaban J connectivity index is 2.18. The summed E-state index contributed by atoms with van der Waals surface area (Å²) in [5.74, 6) is 0.0204. The molecule has 1 aromatic rings. The van der Waals surface area contributed by atoms with Crippen molar-refractivity contribution in [2.45, 2.75) is 19.4 Å². The Morgan fingerprint density at radius 3 is 3.07 bits per heavy atom. The molecule has 0 aromatic carbocycles. The molecule has 0 radical (unpaired) electrons. The molecule has 0 bridgehead atoms. The summed E-state index contributed by atoms with van der Waals surface area (Å²) in [6, 6.07) is -0.142. The molecule has 0 aliphatic rings. The van der Waals surface area contributed by atoms with E-state index in [2.05, 4.69) is 20.6 Å². The van der Waals surface area contributed by atoms with Crippen LogP contribution in [0.4, 0.5) is 0 Å². The number of carbonyl (C=O) groups excluding carboxylic acids is 1. The summed E-state index contributed by atoms with van der Waals surface area (Å²) in [4.78, 5) is 18.2. The number of amides is 1. The maximum absolute atomic E-state index is 11.3. The van der Waals surface area contributed by atoms with Crippen molar-refractivity contribution in [1.29, 1.82) is 0 Å². The van der Waals surface area contributed by atoms with E-state index in [4.69, 9.17) is 0 Å². The van der Waals surface area contributed by atoms with Crippen molar-refractivity contribution in [3.05, 3.63) is 18.2 Å². The van der Waals surface area contributed by atoms with E-state index in [1.165, 1.54) is 0 Å². The standard InChI is InChI=1S/C9H16N4O/c1-7(10-2)9(14)12-4-3-8-5-11-6-13-8/h5-7,10H,3-4H2,1-2H3,(H,11,13)(H,12,14). The van der Waals surface area contributed by atoms with Crippen LogP contribution in [-0.4, -0.2) is 35.5 Å². The van der Waals surface area contributed by atoms with Crippen LogP contribution in [0.25, 0.3) is 0 Å². The minimum absolute atomic E-state index is 0.0204. The number of hydrogen-bond donors (Lipinski definition) is 3. The van der Waals surface area contributed by atoms with Crippen LogP contribution in [0.3, 0.4) is 0 Å². The van der Waals surface area contributed by atoms with Gasteiger partial charge in [0.25, 0.3) is 0 Å². The van der Waals surface area contributed by atoms with Gasteiger partial charge in [0.2, 0.25) is 5.91 Å². The number of rotatable bonds is 5. The van der Waals surface area contributed by atoms with E-state index < -0.39 is 0 Å². The highest BCUT2D eigenvalue weighted by Crippen LogP contribution is 1.90. The Morgan fingerprint density at radius 2 is 2.50 bits per heavy atom. The fraction of sp³-hybridized carbons (Fsp3) is 0.556. The van der Waals surface area contributed by atoms with Gasteiger partial charge in [-0.2, -0.15) is 0 Å². The first-order chi connectivity index (χ1) is 6.74. The van der Waals surface area contributed by atoms with E-state index >= 15 is 0 Å². The predicted molar refractivity (Wildman–Crippen MR) is 53.8 cm³/mol. The summed E-state index contributed by atoms with van der Waals surface area (Å²) in [6.07, 6.45) is 4.17. The van der Waals surface area contributed by atoms with Crippen molar-refractivity contribution >= 4 is 5.91 Å². The molecule has 5 heteroatoms. The zero-order valence-electron chi connectivity index (χ0n) is 8.50. The molecule has 0 saturated carbocycles. The minimum atomic E-state index is -0.142. The van der Waals surface area contributed by atoms with Gasteiger partial charge in [0.1, 0.15) is 0 Å². The Morgan fingerprint density at radius 1 is 1.71 bits per heavy atom. The third-order valence-corrected chi connectivity index (χ3v) is 2.07. The van der Waals surface area contributed by atoms with Gasteiger partial charge in [0, 0.05) is 24.9 Å². The summed E-state index contributed by atoms with van der Waals surface area (Å²) in [7, 11) is 1.76.